The molecular weight excluding hydrogens is 229 g/mol. The molecule has 0 fully saturated rings. The first-order valence-corrected chi connectivity index (χ1v) is 6.40. The molecule has 0 aromatic heterocycles. The van der Waals surface area contributed by atoms with Gasteiger partial charge in [0.1, 0.15) is 5.82 Å². The first kappa shape index (κ1) is 12.7. The summed E-state index contributed by atoms with van der Waals surface area (Å²) in [5.41, 5.74) is 0.283. The van der Waals surface area contributed by atoms with Crippen LogP contribution in [0.3, 0.4) is 0 Å². The second kappa shape index (κ2) is 4.62. The van der Waals surface area contributed by atoms with Crippen molar-refractivity contribution in [3.63, 3.8) is 0 Å². The Bertz CT molecular complexity index is 531. The van der Waals surface area contributed by atoms with Crippen molar-refractivity contribution in [3.8, 4) is 6.07 Å². The maximum atomic E-state index is 13.0. The molecule has 0 amide bonds. The zero-order valence-corrected chi connectivity index (χ0v) is 9.88. The fourth-order valence-corrected chi connectivity index (χ4v) is 2.83. The van der Waals surface area contributed by atoms with Crippen LogP contribution in [0, 0.1) is 30.0 Å². The van der Waals surface area contributed by atoms with Gasteiger partial charge in [0.15, 0.2) is 9.84 Å². The van der Waals surface area contributed by atoms with Gasteiger partial charge in [-0.15, -0.1) is 0 Å². The lowest BCUT2D eigenvalue weighted by molar-refractivity contribution is 0.587. The second-order valence-electron chi connectivity index (χ2n) is 3.72. The molecule has 1 unspecified atom stereocenters. The quantitative estimate of drug-likeness (QED) is 0.761. The molecule has 1 aromatic rings. The van der Waals surface area contributed by atoms with Crippen molar-refractivity contribution >= 4 is 9.84 Å². The van der Waals surface area contributed by atoms with Gasteiger partial charge in [0.05, 0.1) is 22.6 Å². The minimum absolute atomic E-state index is 0.0634. The lowest BCUT2D eigenvalue weighted by Gasteiger charge is -2.06. The average molecular weight is 241 g/mol. The van der Waals surface area contributed by atoms with Gasteiger partial charge in [-0.2, -0.15) is 5.26 Å². The van der Waals surface area contributed by atoms with Crippen LogP contribution in [0.1, 0.15) is 12.5 Å². The van der Waals surface area contributed by atoms with E-state index in [0.717, 1.165) is 6.07 Å². The molecule has 0 radical (unpaired) electrons. The van der Waals surface area contributed by atoms with E-state index in [1.54, 1.807) is 0 Å². The molecule has 0 aliphatic heterocycles. The molecular formula is C11H12FNO2S. The number of hydrogen-bond donors (Lipinski definition) is 0. The Morgan fingerprint density at radius 3 is 2.62 bits per heavy atom. The van der Waals surface area contributed by atoms with E-state index in [0.29, 0.717) is 0 Å². The predicted molar refractivity (Wildman–Crippen MR) is 58.0 cm³/mol. The summed E-state index contributed by atoms with van der Waals surface area (Å²) in [6.45, 7) is 3.04. The van der Waals surface area contributed by atoms with Crippen molar-refractivity contribution < 1.29 is 12.8 Å². The standard InChI is InChI=1S/C11H12FNO2S/c1-8(6-13)7-16(14,15)10-3-4-11(12)9(2)5-10/h3-5,8H,7H2,1-2H3. The molecule has 0 spiro atoms. The Morgan fingerprint density at radius 2 is 2.12 bits per heavy atom. The summed E-state index contributed by atoms with van der Waals surface area (Å²) >= 11 is 0. The summed E-state index contributed by atoms with van der Waals surface area (Å²) in [7, 11) is -3.50. The summed E-state index contributed by atoms with van der Waals surface area (Å²) in [6, 6.07) is 5.50. The molecule has 0 aliphatic carbocycles. The van der Waals surface area contributed by atoms with Gasteiger partial charge >= 0.3 is 0 Å². The van der Waals surface area contributed by atoms with Crippen molar-refractivity contribution in [2.24, 2.45) is 5.92 Å². The van der Waals surface area contributed by atoms with Crippen molar-refractivity contribution in [1.82, 2.24) is 0 Å². The van der Waals surface area contributed by atoms with Gasteiger partial charge in [-0.25, -0.2) is 12.8 Å². The third-order valence-corrected chi connectivity index (χ3v) is 4.09. The van der Waals surface area contributed by atoms with Gasteiger partial charge in [-0.3, -0.25) is 0 Å². The van der Waals surface area contributed by atoms with Crippen LogP contribution < -0.4 is 0 Å². The van der Waals surface area contributed by atoms with Crippen LogP contribution in [0.4, 0.5) is 4.39 Å². The monoisotopic (exact) mass is 241 g/mol. The molecule has 5 heteroatoms. The van der Waals surface area contributed by atoms with E-state index >= 15 is 0 Å². The van der Waals surface area contributed by atoms with E-state index < -0.39 is 21.6 Å². The van der Waals surface area contributed by atoms with Crippen LogP contribution in [-0.4, -0.2) is 14.2 Å². The first-order chi connectivity index (χ1) is 7.36. The van der Waals surface area contributed by atoms with E-state index in [4.69, 9.17) is 5.26 Å². The number of nitriles is 1. The molecule has 0 heterocycles. The topological polar surface area (TPSA) is 57.9 Å². The molecule has 1 aromatic carbocycles. The summed E-state index contributed by atoms with van der Waals surface area (Å²) < 4.78 is 36.6. The summed E-state index contributed by atoms with van der Waals surface area (Å²) in [6.07, 6.45) is 0. The highest BCUT2D eigenvalue weighted by Crippen LogP contribution is 2.17. The van der Waals surface area contributed by atoms with E-state index in [1.807, 2.05) is 6.07 Å². The van der Waals surface area contributed by atoms with Gasteiger partial charge in [0.25, 0.3) is 0 Å². The predicted octanol–water partition coefficient (Wildman–Crippen LogP) is 2.07. The highest BCUT2D eigenvalue weighted by atomic mass is 32.2. The third-order valence-electron chi connectivity index (χ3n) is 2.18. The van der Waals surface area contributed by atoms with Gasteiger partial charge < -0.3 is 0 Å². The molecule has 1 atom stereocenters. The van der Waals surface area contributed by atoms with Crippen molar-refractivity contribution in [2.75, 3.05) is 5.75 Å². The summed E-state index contributed by atoms with van der Waals surface area (Å²) in [5.74, 6) is -1.25. The van der Waals surface area contributed by atoms with E-state index in [-0.39, 0.29) is 16.2 Å². The zero-order valence-electron chi connectivity index (χ0n) is 9.07. The minimum atomic E-state index is -3.50. The zero-order chi connectivity index (χ0) is 12.3. The van der Waals surface area contributed by atoms with Gasteiger partial charge in [-0.05, 0) is 37.6 Å². The van der Waals surface area contributed by atoms with Crippen LogP contribution in [0.25, 0.3) is 0 Å². The lowest BCUT2D eigenvalue weighted by Crippen LogP contribution is -2.13. The second-order valence-corrected chi connectivity index (χ2v) is 5.76. The molecule has 0 N–H and O–H groups in total. The number of rotatable bonds is 3. The third kappa shape index (κ3) is 2.80. The molecule has 16 heavy (non-hydrogen) atoms. The van der Waals surface area contributed by atoms with E-state index in [1.165, 1.54) is 26.0 Å². The van der Waals surface area contributed by atoms with Crippen molar-refractivity contribution in [1.29, 1.82) is 5.26 Å². The smallest absolute Gasteiger partial charge is 0.179 e. The number of nitrogens with zero attached hydrogens (tertiary/aromatic N) is 1. The summed E-state index contributed by atoms with van der Waals surface area (Å²) in [5, 5.41) is 8.57. The Morgan fingerprint density at radius 1 is 1.50 bits per heavy atom. The highest BCUT2D eigenvalue weighted by Gasteiger charge is 2.18. The highest BCUT2D eigenvalue weighted by molar-refractivity contribution is 7.91. The Labute approximate surface area is 94.4 Å². The number of benzene rings is 1. The molecule has 0 saturated carbocycles. The van der Waals surface area contributed by atoms with Crippen molar-refractivity contribution in [2.45, 2.75) is 18.7 Å². The van der Waals surface area contributed by atoms with E-state index in [2.05, 4.69) is 0 Å². The number of halogens is 1. The van der Waals surface area contributed by atoms with Crippen LogP contribution in [0.15, 0.2) is 23.1 Å². The van der Waals surface area contributed by atoms with E-state index in [9.17, 15) is 12.8 Å². The number of hydrogen-bond acceptors (Lipinski definition) is 3. The van der Waals surface area contributed by atoms with Gasteiger partial charge in [0, 0.05) is 0 Å². The van der Waals surface area contributed by atoms with Gasteiger partial charge in [-0.1, -0.05) is 0 Å². The number of sulfone groups is 1. The molecule has 3 nitrogen and oxygen atoms in total. The molecule has 0 bridgehead atoms. The lowest BCUT2D eigenvalue weighted by atomic mass is 10.2. The molecule has 1 rings (SSSR count). The van der Waals surface area contributed by atoms with Crippen LogP contribution in [-0.2, 0) is 9.84 Å². The SMILES string of the molecule is Cc1cc(S(=O)(=O)CC(C)C#N)ccc1F. The molecule has 0 aliphatic rings. The largest absolute Gasteiger partial charge is 0.224 e. The Balaban J connectivity index is 3.09. The van der Waals surface area contributed by atoms with Crippen LogP contribution >= 0.6 is 0 Å². The Hall–Kier alpha value is -1.41. The average Bonchev–Trinajstić information content (AvgIpc) is 2.21. The molecule has 0 saturated heterocycles. The van der Waals surface area contributed by atoms with Crippen molar-refractivity contribution in [3.05, 3.63) is 29.6 Å². The Kier molecular flexibility index (Phi) is 3.66. The fourth-order valence-electron chi connectivity index (χ4n) is 1.27. The fraction of sp³-hybridized carbons (Fsp3) is 0.364. The minimum Gasteiger partial charge on any atom is -0.224 e. The maximum Gasteiger partial charge on any atom is 0.179 e. The maximum absolute atomic E-state index is 13.0. The van der Waals surface area contributed by atoms with Crippen LogP contribution in [0.2, 0.25) is 0 Å². The van der Waals surface area contributed by atoms with Crippen LogP contribution in [0.5, 0.6) is 0 Å². The molecule has 86 valence electrons. The normalized spacial score (nSPS) is 13.1. The van der Waals surface area contributed by atoms with Gasteiger partial charge in [0.2, 0.25) is 0 Å². The summed E-state index contributed by atoms with van der Waals surface area (Å²) in [4.78, 5) is 0.0634. The first-order valence-electron chi connectivity index (χ1n) is 4.75. The number of aryl methyl sites for hydroxylation is 1.